The van der Waals surface area contributed by atoms with Crippen LogP contribution in [-0.4, -0.2) is 29.9 Å². The SMILES string of the molecule is C/C=C(/C)C1NC(=O)C1[C@@H](O)C1C=CCCC1.C=O. The van der Waals surface area contributed by atoms with Crippen LogP contribution in [0.1, 0.15) is 33.1 Å². The number of aliphatic hydroxyl groups excluding tert-OH is 1. The topological polar surface area (TPSA) is 66.4 Å². The molecule has 2 rings (SSSR count). The van der Waals surface area contributed by atoms with Gasteiger partial charge in [0, 0.05) is 5.92 Å². The molecule has 2 aliphatic rings. The van der Waals surface area contributed by atoms with Crippen molar-refractivity contribution in [3.05, 3.63) is 23.8 Å². The van der Waals surface area contributed by atoms with E-state index < -0.39 is 6.10 Å². The molecule has 1 amide bonds. The maximum absolute atomic E-state index is 11.6. The Morgan fingerprint density at radius 2 is 2.26 bits per heavy atom. The van der Waals surface area contributed by atoms with Crippen molar-refractivity contribution in [2.45, 2.75) is 45.3 Å². The van der Waals surface area contributed by atoms with Gasteiger partial charge in [0.05, 0.1) is 18.1 Å². The number of carbonyl (C=O) groups is 2. The lowest BCUT2D eigenvalue weighted by Gasteiger charge is -2.42. The number of nitrogens with one attached hydrogen (secondary N) is 1. The third-order valence-corrected chi connectivity index (χ3v) is 4.00. The van der Waals surface area contributed by atoms with E-state index in [1.54, 1.807) is 0 Å². The van der Waals surface area contributed by atoms with Crippen LogP contribution in [0.3, 0.4) is 0 Å². The van der Waals surface area contributed by atoms with Crippen LogP contribution in [0.5, 0.6) is 0 Å². The van der Waals surface area contributed by atoms with Crippen LogP contribution in [0, 0.1) is 11.8 Å². The number of amides is 1. The predicted molar refractivity (Wildman–Crippen MR) is 74.5 cm³/mol. The van der Waals surface area contributed by atoms with Crippen molar-refractivity contribution in [3.63, 3.8) is 0 Å². The molecule has 0 bridgehead atoms. The van der Waals surface area contributed by atoms with Gasteiger partial charge in [-0.05, 0) is 33.1 Å². The van der Waals surface area contributed by atoms with E-state index >= 15 is 0 Å². The summed E-state index contributed by atoms with van der Waals surface area (Å²) >= 11 is 0. The minimum Gasteiger partial charge on any atom is -0.392 e. The fourth-order valence-electron chi connectivity index (χ4n) is 2.71. The third-order valence-electron chi connectivity index (χ3n) is 4.00. The van der Waals surface area contributed by atoms with Crippen LogP contribution >= 0.6 is 0 Å². The normalized spacial score (nSPS) is 31.6. The van der Waals surface area contributed by atoms with Gasteiger partial charge < -0.3 is 15.2 Å². The van der Waals surface area contributed by atoms with Crippen LogP contribution < -0.4 is 5.32 Å². The quantitative estimate of drug-likeness (QED) is 0.601. The number of hydrogen-bond acceptors (Lipinski definition) is 3. The molecule has 0 radical (unpaired) electrons. The molecule has 106 valence electrons. The average molecular weight is 265 g/mol. The maximum atomic E-state index is 11.6. The second-order valence-corrected chi connectivity index (χ2v) is 5.06. The lowest BCUT2D eigenvalue weighted by Crippen LogP contribution is -2.63. The Labute approximate surface area is 114 Å². The first kappa shape index (κ1) is 15.6. The van der Waals surface area contributed by atoms with Gasteiger partial charge in [-0.1, -0.05) is 23.8 Å². The lowest BCUT2D eigenvalue weighted by atomic mass is 9.75. The number of β-lactam (4-membered cyclic amide) rings is 1. The van der Waals surface area contributed by atoms with Crippen molar-refractivity contribution < 1.29 is 14.7 Å². The van der Waals surface area contributed by atoms with E-state index in [1.807, 2.05) is 26.7 Å². The molecule has 1 fully saturated rings. The zero-order chi connectivity index (χ0) is 14.4. The Bertz CT molecular complexity index is 376. The first-order chi connectivity index (χ1) is 9.15. The molecule has 3 unspecified atom stereocenters. The van der Waals surface area contributed by atoms with Crippen molar-refractivity contribution >= 4 is 12.7 Å². The fourth-order valence-corrected chi connectivity index (χ4v) is 2.71. The van der Waals surface area contributed by atoms with Crippen LogP contribution in [0.4, 0.5) is 0 Å². The molecule has 4 heteroatoms. The number of rotatable bonds is 3. The molecule has 0 saturated carbocycles. The van der Waals surface area contributed by atoms with Crippen molar-refractivity contribution in [3.8, 4) is 0 Å². The van der Waals surface area contributed by atoms with Crippen molar-refractivity contribution in [2.75, 3.05) is 0 Å². The summed E-state index contributed by atoms with van der Waals surface area (Å²) in [5, 5.41) is 13.2. The molecule has 1 heterocycles. The van der Waals surface area contributed by atoms with Gasteiger partial charge in [-0.15, -0.1) is 0 Å². The zero-order valence-electron chi connectivity index (χ0n) is 11.6. The van der Waals surface area contributed by atoms with Crippen molar-refractivity contribution in [1.29, 1.82) is 0 Å². The lowest BCUT2D eigenvalue weighted by molar-refractivity contribution is -0.141. The summed E-state index contributed by atoms with van der Waals surface area (Å²) in [6.07, 6.45) is 8.84. The van der Waals surface area contributed by atoms with Crippen LogP contribution in [0.2, 0.25) is 0 Å². The van der Waals surface area contributed by atoms with Gasteiger partial charge in [-0.25, -0.2) is 0 Å². The molecular weight excluding hydrogens is 242 g/mol. The van der Waals surface area contributed by atoms with E-state index in [2.05, 4.69) is 17.5 Å². The predicted octanol–water partition coefficient (Wildman–Crippen LogP) is 1.60. The summed E-state index contributed by atoms with van der Waals surface area (Å²) in [5.74, 6) is -0.131. The second kappa shape index (κ2) is 7.24. The Morgan fingerprint density at radius 1 is 1.58 bits per heavy atom. The fraction of sp³-hybridized carbons (Fsp3) is 0.600. The first-order valence-corrected chi connectivity index (χ1v) is 6.72. The van der Waals surface area contributed by atoms with E-state index in [4.69, 9.17) is 4.79 Å². The minimum absolute atomic E-state index is 0.0114. The molecule has 0 aromatic carbocycles. The number of hydrogen-bond donors (Lipinski definition) is 2. The van der Waals surface area contributed by atoms with Crippen LogP contribution in [-0.2, 0) is 9.59 Å². The number of allylic oxidation sites excluding steroid dienone is 2. The molecule has 1 aliphatic heterocycles. The van der Waals surface area contributed by atoms with Crippen LogP contribution in [0.15, 0.2) is 23.8 Å². The summed E-state index contributed by atoms with van der Waals surface area (Å²) < 4.78 is 0. The molecule has 0 aromatic rings. The van der Waals surface area contributed by atoms with Gasteiger partial charge in [0.25, 0.3) is 0 Å². The first-order valence-electron chi connectivity index (χ1n) is 6.72. The summed E-state index contributed by atoms with van der Waals surface area (Å²) in [6, 6.07) is 0.0258. The highest BCUT2D eigenvalue weighted by Crippen LogP contribution is 2.32. The molecule has 19 heavy (non-hydrogen) atoms. The smallest absolute Gasteiger partial charge is 0.228 e. The highest BCUT2D eigenvalue weighted by atomic mass is 16.3. The number of carbonyl (C=O) groups excluding carboxylic acids is 2. The van der Waals surface area contributed by atoms with Gasteiger partial charge in [-0.3, -0.25) is 4.79 Å². The van der Waals surface area contributed by atoms with E-state index in [0.29, 0.717) is 0 Å². The highest BCUT2D eigenvalue weighted by Gasteiger charge is 2.46. The Balaban J connectivity index is 0.000000861. The van der Waals surface area contributed by atoms with Gasteiger partial charge >= 0.3 is 0 Å². The summed E-state index contributed by atoms with van der Waals surface area (Å²) in [4.78, 5) is 19.6. The van der Waals surface area contributed by atoms with Gasteiger partial charge in [0.1, 0.15) is 6.79 Å². The molecule has 2 N–H and O–H groups in total. The molecule has 4 nitrogen and oxygen atoms in total. The monoisotopic (exact) mass is 265 g/mol. The summed E-state index contributed by atoms with van der Waals surface area (Å²) in [6.45, 7) is 5.96. The minimum atomic E-state index is -0.541. The van der Waals surface area contributed by atoms with E-state index in [0.717, 1.165) is 24.8 Å². The Hall–Kier alpha value is -1.42. The van der Waals surface area contributed by atoms with Gasteiger partial charge in [0.2, 0.25) is 5.91 Å². The maximum Gasteiger partial charge on any atom is 0.228 e. The van der Waals surface area contributed by atoms with Gasteiger partial charge in [0.15, 0.2) is 0 Å². The molecular formula is C15H23NO3. The molecule has 1 saturated heterocycles. The Morgan fingerprint density at radius 3 is 2.74 bits per heavy atom. The summed E-state index contributed by atoms with van der Waals surface area (Å²) in [5.41, 5.74) is 1.13. The van der Waals surface area contributed by atoms with E-state index in [-0.39, 0.29) is 23.8 Å². The average Bonchev–Trinajstić information content (AvgIpc) is 2.46. The molecule has 1 aliphatic carbocycles. The third kappa shape index (κ3) is 3.32. The molecule has 4 atom stereocenters. The van der Waals surface area contributed by atoms with Crippen molar-refractivity contribution in [1.82, 2.24) is 5.32 Å². The van der Waals surface area contributed by atoms with E-state index in [9.17, 15) is 9.90 Å². The van der Waals surface area contributed by atoms with Crippen LogP contribution in [0.25, 0.3) is 0 Å². The number of aliphatic hydroxyl groups is 1. The second-order valence-electron chi connectivity index (χ2n) is 5.06. The zero-order valence-corrected chi connectivity index (χ0v) is 11.6. The van der Waals surface area contributed by atoms with Crippen molar-refractivity contribution in [2.24, 2.45) is 11.8 Å². The molecule has 0 spiro atoms. The summed E-state index contributed by atoms with van der Waals surface area (Å²) in [7, 11) is 0. The highest BCUT2D eigenvalue weighted by molar-refractivity contribution is 5.87. The standard InChI is InChI=1S/C14H21NO2.CH2O/c1-3-9(2)12-11(14(17)15-12)13(16)10-7-5-4-6-8-10;1-2/h3,5,7,10-13,16H,4,6,8H2,1-2H3,(H,15,17);1H2/b9-3-;/t10?,11?,12?,13-;/m0./s1. The van der Waals surface area contributed by atoms with Gasteiger partial charge in [-0.2, -0.15) is 0 Å². The van der Waals surface area contributed by atoms with E-state index in [1.165, 1.54) is 0 Å². The largest absolute Gasteiger partial charge is 0.392 e. The molecule has 0 aromatic heterocycles. The Kier molecular flexibility index (Phi) is 5.96.